The van der Waals surface area contributed by atoms with E-state index in [9.17, 15) is 86.3 Å². The highest BCUT2D eigenvalue weighted by Gasteiger charge is 2.56. The summed E-state index contributed by atoms with van der Waals surface area (Å²) in [5.41, 5.74) is -0.758. The second-order valence-corrected chi connectivity index (χ2v) is 32.6. The minimum atomic E-state index is -1.52. The molecule has 47 nitrogen and oxygen atoms in total. The molecule has 0 radical (unpaired) electrons. The van der Waals surface area contributed by atoms with Gasteiger partial charge in [-0.25, -0.2) is 0 Å². The van der Waals surface area contributed by atoms with Crippen molar-refractivity contribution in [2.24, 2.45) is 0 Å². The van der Waals surface area contributed by atoms with Crippen molar-refractivity contribution in [1.29, 1.82) is 0 Å². The van der Waals surface area contributed by atoms with Crippen molar-refractivity contribution >= 4 is 107 Å². The molecule has 47 heteroatoms. The lowest BCUT2D eigenvalue weighted by molar-refractivity contribution is -0.308. The van der Waals surface area contributed by atoms with E-state index in [1.54, 1.807) is 24.3 Å². The van der Waals surface area contributed by atoms with Crippen molar-refractivity contribution in [3.05, 3.63) is 35.9 Å². The van der Waals surface area contributed by atoms with E-state index in [1.165, 1.54) is 13.8 Å². The molecule has 3 saturated heterocycles. The van der Waals surface area contributed by atoms with Gasteiger partial charge in [0.05, 0.1) is 39.6 Å². The van der Waals surface area contributed by atoms with E-state index in [1.807, 2.05) is 6.07 Å². The average molecular weight is 1970 g/mol. The van der Waals surface area contributed by atoms with Gasteiger partial charge in [-0.3, -0.25) is 86.3 Å². The Kier molecular flexibility index (Phi) is 59.2. The van der Waals surface area contributed by atoms with Gasteiger partial charge >= 0.3 is 77.6 Å². The SMILES string of the molecule is CC(=O)OC[C@H]1O[C@@H](OCCCCCNCCCNC(=O)CCOCC(COCCC(=O)NCCCNCCCCCO[C@@H]2O[C@H](COC(C)=O)[C@@H](OC(C)=O)[C@H](OC(C)=O)[C@H]2OC(C)=O)(COCCC(=O)NCCCNC(=O)CCCCO[C@@H]2O[C@H](COC(C)=O)[C@@H](OC(C)=O)[C@H](OC(C)=O)[C@H]2OC(C)=O)NC(=O)CCCC(=O)OCc2ccccc2)[C@H](OC(C)=O)[C@@H](OC(C)=O)[C@@H]1OC(C)=O. The van der Waals surface area contributed by atoms with Gasteiger partial charge in [0.2, 0.25) is 29.5 Å². The third-order valence-corrected chi connectivity index (χ3v) is 20.2. The fraction of sp³-hybridized carbons (Fsp3) is 0.736. The number of carbonyl (C=O) groups excluding carboxylic acids is 18. The van der Waals surface area contributed by atoms with Crippen LogP contribution in [0.5, 0.6) is 0 Å². The van der Waals surface area contributed by atoms with Gasteiger partial charge in [0, 0.05) is 168 Å². The predicted molar refractivity (Wildman–Crippen MR) is 474 cm³/mol. The molecule has 0 aliphatic carbocycles. The van der Waals surface area contributed by atoms with Crippen molar-refractivity contribution in [1.82, 2.24) is 37.2 Å². The Morgan fingerprint density at radius 1 is 0.275 bits per heavy atom. The molecule has 5 amide bonds. The molecule has 0 spiro atoms. The number of nitrogens with one attached hydrogen (secondary N) is 7. The van der Waals surface area contributed by atoms with E-state index >= 15 is 0 Å². The smallest absolute Gasteiger partial charge is 0.306 e. The van der Waals surface area contributed by atoms with Gasteiger partial charge in [0.25, 0.3) is 0 Å². The second kappa shape index (κ2) is 68.3. The highest BCUT2D eigenvalue weighted by molar-refractivity contribution is 5.79. The highest BCUT2D eigenvalue weighted by atomic mass is 16.8. The number of benzene rings is 1. The molecule has 1 aromatic rings. The van der Waals surface area contributed by atoms with E-state index in [2.05, 4.69) is 37.2 Å². The Morgan fingerprint density at radius 2 is 0.565 bits per heavy atom. The fourth-order valence-corrected chi connectivity index (χ4v) is 14.1. The summed E-state index contributed by atoms with van der Waals surface area (Å²) in [6, 6.07) is 9.02. The lowest BCUT2D eigenvalue weighted by Crippen LogP contribution is -2.63. The molecule has 780 valence electrons. The summed E-state index contributed by atoms with van der Waals surface area (Å²) in [5.74, 6) is -11.5. The van der Waals surface area contributed by atoms with Crippen LogP contribution in [-0.4, -0.2) is 336 Å². The van der Waals surface area contributed by atoms with Crippen LogP contribution >= 0.6 is 0 Å². The number of hydrogen-bond donors (Lipinski definition) is 7. The van der Waals surface area contributed by atoms with Crippen molar-refractivity contribution in [2.75, 3.05) is 132 Å². The quantitative estimate of drug-likeness (QED) is 0.0277. The summed E-state index contributed by atoms with van der Waals surface area (Å²) in [6.45, 7) is 14.2. The molecule has 7 N–H and O–H groups in total. The minimum absolute atomic E-state index is 0.0218. The Balaban J connectivity index is 1.35. The molecule has 1 aromatic carbocycles. The summed E-state index contributed by atoms with van der Waals surface area (Å²) in [5, 5.41) is 20.9. The minimum Gasteiger partial charge on any atom is -0.463 e. The number of esters is 13. The molecule has 3 aliphatic rings. The zero-order chi connectivity index (χ0) is 102. The van der Waals surface area contributed by atoms with Crippen LogP contribution in [0, 0.1) is 0 Å². The number of carbonyl (C=O) groups is 18. The maximum absolute atomic E-state index is 14.0. The maximum Gasteiger partial charge on any atom is 0.306 e. The van der Waals surface area contributed by atoms with Gasteiger partial charge in [-0.15, -0.1) is 0 Å². The maximum atomic E-state index is 14.0. The second-order valence-electron chi connectivity index (χ2n) is 32.6. The van der Waals surface area contributed by atoms with E-state index in [0.717, 1.165) is 74.8 Å². The van der Waals surface area contributed by atoms with Gasteiger partial charge in [-0.1, -0.05) is 30.3 Å². The van der Waals surface area contributed by atoms with Gasteiger partial charge < -0.3 is 141 Å². The molecule has 4 rings (SSSR count). The summed E-state index contributed by atoms with van der Waals surface area (Å²) in [6.07, 6.45) is -14.6. The van der Waals surface area contributed by atoms with E-state index in [4.69, 9.17) is 104 Å². The Labute approximate surface area is 802 Å². The molecule has 0 saturated carbocycles. The largest absolute Gasteiger partial charge is 0.463 e. The third kappa shape index (κ3) is 52.3. The average Bonchev–Trinajstić information content (AvgIpc) is 0.793. The zero-order valence-electron chi connectivity index (χ0n) is 81.0. The predicted octanol–water partition coefficient (Wildman–Crippen LogP) is 1.60. The lowest BCUT2D eigenvalue weighted by Gasteiger charge is -2.44. The molecule has 3 fully saturated rings. The Bertz CT molecular complexity index is 3820. The number of unbranched alkanes of at least 4 members (excludes halogenated alkanes) is 5. The Morgan fingerprint density at radius 3 is 0.891 bits per heavy atom. The van der Waals surface area contributed by atoms with Crippen LogP contribution in [0.4, 0.5) is 0 Å². The molecule has 0 unspecified atom stereocenters. The van der Waals surface area contributed by atoms with Crippen molar-refractivity contribution in [3.8, 4) is 0 Å². The van der Waals surface area contributed by atoms with Crippen LogP contribution in [-0.2, 0) is 197 Å². The molecule has 0 bridgehead atoms. The van der Waals surface area contributed by atoms with Crippen molar-refractivity contribution in [2.45, 2.75) is 303 Å². The Hall–Kier alpha value is -10.8. The van der Waals surface area contributed by atoms with Crippen LogP contribution < -0.4 is 37.2 Å². The van der Waals surface area contributed by atoms with Gasteiger partial charge in [0.1, 0.15) is 50.3 Å². The molecule has 3 aliphatic heterocycles. The van der Waals surface area contributed by atoms with Gasteiger partial charge in [-0.05, 0) is 109 Å². The van der Waals surface area contributed by atoms with Crippen molar-refractivity contribution in [3.63, 3.8) is 0 Å². The number of rotatable bonds is 69. The molecule has 138 heavy (non-hydrogen) atoms. The molecule has 3 heterocycles. The summed E-state index contributed by atoms with van der Waals surface area (Å²) < 4.78 is 124. The number of amides is 5. The highest BCUT2D eigenvalue weighted by Crippen LogP contribution is 2.34. The molecular formula is C91H141N7O40. The standard InChI is InChI=1S/C91H141N7O40/c1-57(99)123-51-70-79(127-60(4)102)82(130-63(7)105)85(133-66(10)108)88(136-70)120-44-21-14-19-36-92-38-25-40-95-74(112)33-47-117-54-91(98-77(115)31-24-32-78(116)126-50-69-28-16-13-17-29-69,55-118-48-34-75(113)96-41-26-39-93-37-20-15-22-45-121-89-86(134-67(11)109)83(131-64(8)106)80(128-61(5)103)71(137-89)52-124-58(2)100)56-119-49-35-76(114)97-43-27-42-94-73(111)30-18-23-46-122-90-87(135-68(12)110)84(132-65(9)107)81(129-62(6)104)72(138-90)53-125-59(3)101/h13,16-17,28-29,70-72,79-90,92-93H,14-15,18-27,30-56H2,1-12H3,(H,94,111)(H,95,112)(H,96,113)(H,97,114)(H,98,115)/t70-,71-,72-,79-,80-,81-,82+,83+,84+,85-,86-,87-,88-,89-,90-/m1/s1. The summed E-state index contributed by atoms with van der Waals surface area (Å²) in [7, 11) is 0. The fourth-order valence-electron chi connectivity index (χ4n) is 14.1. The van der Waals surface area contributed by atoms with Crippen LogP contribution in [0.3, 0.4) is 0 Å². The van der Waals surface area contributed by atoms with Gasteiger partial charge in [-0.2, -0.15) is 0 Å². The number of ether oxygens (including phenoxy) is 22. The topological polar surface area (TPSA) is 595 Å². The molecule has 0 aromatic heterocycles. The van der Waals surface area contributed by atoms with E-state index in [0.29, 0.717) is 103 Å². The van der Waals surface area contributed by atoms with Crippen LogP contribution in [0.1, 0.15) is 204 Å². The first-order chi connectivity index (χ1) is 65.8. The molecule has 15 atom stereocenters. The lowest BCUT2D eigenvalue weighted by atomic mass is 9.98. The first-order valence-corrected chi connectivity index (χ1v) is 46.3. The number of hydrogen-bond acceptors (Lipinski definition) is 42. The van der Waals surface area contributed by atoms with E-state index < -0.39 is 207 Å². The summed E-state index contributed by atoms with van der Waals surface area (Å²) in [4.78, 5) is 225. The first-order valence-electron chi connectivity index (χ1n) is 46.3. The molecular weight excluding hydrogens is 1830 g/mol. The van der Waals surface area contributed by atoms with Crippen LogP contribution in [0.15, 0.2) is 30.3 Å². The van der Waals surface area contributed by atoms with E-state index in [-0.39, 0.29) is 148 Å². The zero-order valence-corrected chi connectivity index (χ0v) is 81.0. The van der Waals surface area contributed by atoms with Crippen LogP contribution in [0.25, 0.3) is 0 Å². The first kappa shape index (κ1) is 120. The normalized spacial score (nSPS) is 21.0. The van der Waals surface area contributed by atoms with Crippen LogP contribution in [0.2, 0.25) is 0 Å². The monoisotopic (exact) mass is 1970 g/mol. The third-order valence-electron chi connectivity index (χ3n) is 20.2. The van der Waals surface area contributed by atoms with Crippen molar-refractivity contribution < 1.29 is 191 Å². The van der Waals surface area contributed by atoms with Gasteiger partial charge in [0.15, 0.2) is 73.8 Å². The summed E-state index contributed by atoms with van der Waals surface area (Å²) >= 11 is 0.